The van der Waals surface area contributed by atoms with Crippen LogP contribution >= 0.6 is 0 Å². The van der Waals surface area contributed by atoms with Crippen molar-refractivity contribution in [1.29, 1.82) is 0 Å². The second kappa shape index (κ2) is 7.57. The summed E-state index contributed by atoms with van der Waals surface area (Å²) in [5, 5.41) is 11.4. The van der Waals surface area contributed by atoms with Crippen molar-refractivity contribution in [2.45, 2.75) is 31.5 Å². The van der Waals surface area contributed by atoms with E-state index in [2.05, 4.69) is 15.5 Å². The van der Waals surface area contributed by atoms with E-state index < -0.39 is 6.04 Å². The van der Waals surface area contributed by atoms with E-state index in [0.717, 1.165) is 29.7 Å². The molecule has 138 valence electrons. The predicted octanol–water partition coefficient (Wildman–Crippen LogP) is 2.46. The minimum atomic E-state index is -0.587. The van der Waals surface area contributed by atoms with Gasteiger partial charge in [0.25, 0.3) is 5.91 Å². The Labute approximate surface area is 157 Å². The van der Waals surface area contributed by atoms with Crippen LogP contribution in [0.3, 0.4) is 0 Å². The van der Waals surface area contributed by atoms with Gasteiger partial charge in [0, 0.05) is 18.2 Å². The molecule has 1 aromatic heterocycles. The van der Waals surface area contributed by atoms with E-state index in [1.807, 2.05) is 59.5 Å². The molecule has 0 N–H and O–H groups in total. The van der Waals surface area contributed by atoms with Gasteiger partial charge in [0.05, 0.1) is 7.11 Å². The molecule has 7 heteroatoms. The lowest BCUT2D eigenvalue weighted by atomic mass is 10.0. The van der Waals surface area contributed by atoms with Crippen LogP contribution in [0.1, 0.15) is 30.0 Å². The molecule has 1 saturated carbocycles. The lowest BCUT2D eigenvalue weighted by Gasteiger charge is -2.28. The number of methoxy groups -OCH3 is 1. The van der Waals surface area contributed by atoms with Gasteiger partial charge in [0.2, 0.25) is 0 Å². The first-order valence-electron chi connectivity index (χ1n) is 8.97. The first kappa shape index (κ1) is 17.2. The minimum absolute atomic E-state index is 0.0121. The van der Waals surface area contributed by atoms with Crippen molar-refractivity contribution >= 4 is 5.91 Å². The highest BCUT2D eigenvalue weighted by Crippen LogP contribution is 2.33. The fourth-order valence-corrected chi connectivity index (χ4v) is 3.28. The van der Waals surface area contributed by atoms with Crippen LogP contribution < -0.4 is 4.74 Å². The largest absolute Gasteiger partial charge is 0.496 e. The van der Waals surface area contributed by atoms with E-state index in [1.54, 1.807) is 7.11 Å². The number of carbonyl (C=O) groups excluding carboxylic acids is 1. The maximum Gasteiger partial charge on any atom is 0.252 e. The first-order chi connectivity index (χ1) is 13.3. The second-order valence-electron chi connectivity index (χ2n) is 6.61. The third-order valence-corrected chi connectivity index (χ3v) is 4.78. The molecule has 1 heterocycles. The molecule has 27 heavy (non-hydrogen) atoms. The zero-order valence-electron chi connectivity index (χ0n) is 15.1. The Hall–Kier alpha value is -3.22. The van der Waals surface area contributed by atoms with Crippen LogP contribution in [0.2, 0.25) is 0 Å². The van der Waals surface area contributed by atoms with Gasteiger partial charge < -0.3 is 9.64 Å². The summed E-state index contributed by atoms with van der Waals surface area (Å²) < 4.78 is 6.99. The van der Waals surface area contributed by atoms with E-state index in [-0.39, 0.29) is 11.9 Å². The summed E-state index contributed by atoms with van der Waals surface area (Å²) in [6.07, 6.45) is 3.51. The highest BCUT2D eigenvalue weighted by molar-refractivity contribution is 5.84. The lowest BCUT2D eigenvalue weighted by Crippen LogP contribution is -2.39. The van der Waals surface area contributed by atoms with Crippen molar-refractivity contribution in [2.24, 2.45) is 0 Å². The van der Waals surface area contributed by atoms with Crippen molar-refractivity contribution in [3.63, 3.8) is 0 Å². The van der Waals surface area contributed by atoms with Crippen molar-refractivity contribution in [1.82, 2.24) is 25.1 Å². The lowest BCUT2D eigenvalue weighted by molar-refractivity contribution is -0.135. The van der Waals surface area contributed by atoms with E-state index in [0.29, 0.717) is 6.54 Å². The van der Waals surface area contributed by atoms with Gasteiger partial charge in [-0.3, -0.25) is 4.79 Å². The molecule has 1 aliphatic carbocycles. The van der Waals surface area contributed by atoms with Crippen molar-refractivity contribution in [2.75, 3.05) is 7.11 Å². The molecule has 1 aliphatic rings. The number of hydrogen-bond acceptors (Lipinski definition) is 5. The van der Waals surface area contributed by atoms with Gasteiger partial charge >= 0.3 is 0 Å². The standard InChI is InChI=1S/C20H21N5O2/c1-27-18-10-6-5-9-16(18)13-24(17-11-12-17)20(26)19(25-14-21-22-23-25)15-7-3-2-4-8-15/h2-10,14,17,19H,11-13H2,1H3/t19-/m1/s1. The number of aromatic nitrogens is 4. The van der Waals surface area contributed by atoms with E-state index in [9.17, 15) is 4.79 Å². The SMILES string of the molecule is COc1ccccc1CN(C(=O)[C@@H](c1ccccc1)n1cnnn1)C1CC1. The molecular weight excluding hydrogens is 342 g/mol. The number of rotatable bonds is 7. The van der Waals surface area contributed by atoms with Crippen molar-refractivity contribution < 1.29 is 9.53 Å². The van der Waals surface area contributed by atoms with E-state index >= 15 is 0 Å². The molecule has 7 nitrogen and oxygen atoms in total. The monoisotopic (exact) mass is 363 g/mol. The Morgan fingerprint density at radius 1 is 1.19 bits per heavy atom. The number of carbonyl (C=O) groups is 1. The zero-order chi connectivity index (χ0) is 18.6. The van der Waals surface area contributed by atoms with Crippen molar-refractivity contribution in [3.05, 3.63) is 72.1 Å². The Kier molecular flexibility index (Phi) is 4.82. The summed E-state index contributed by atoms with van der Waals surface area (Å²) in [5.41, 5.74) is 1.85. The molecule has 0 saturated heterocycles. The average Bonchev–Trinajstić information content (AvgIpc) is 3.42. The minimum Gasteiger partial charge on any atom is -0.496 e. The number of tetrazole rings is 1. The Balaban J connectivity index is 1.68. The molecule has 2 aromatic carbocycles. The fraction of sp³-hybridized carbons (Fsp3) is 0.300. The summed E-state index contributed by atoms with van der Waals surface area (Å²) in [4.78, 5) is 15.5. The number of nitrogens with zero attached hydrogens (tertiary/aromatic N) is 5. The number of amides is 1. The summed E-state index contributed by atoms with van der Waals surface area (Å²) in [6.45, 7) is 0.499. The molecule has 0 bridgehead atoms. The van der Waals surface area contributed by atoms with Gasteiger partial charge in [-0.15, -0.1) is 5.10 Å². The summed E-state index contributed by atoms with van der Waals surface area (Å²) >= 11 is 0. The Bertz CT molecular complexity index is 894. The molecule has 0 spiro atoms. The van der Waals surface area contributed by atoms with Gasteiger partial charge in [-0.1, -0.05) is 48.5 Å². The number of para-hydroxylation sites is 1. The molecule has 0 radical (unpaired) electrons. The highest BCUT2D eigenvalue weighted by atomic mass is 16.5. The smallest absolute Gasteiger partial charge is 0.252 e. The van der Waals surface area contributed by atoms with Crippen LogP contribution in [-0.4, -0.2) is 44.2 Å². The van der Waals surface area contributed by atoms with E-state index in [4.69, 9.17) is 4.74 Å². The van der Waals surface area contributed by atoms with Crippen LogP contribution in [0.25, 0.3) is 0 Å². The van der Waals surface area contributed by atoms with Gasteiger partial charge in [-0.05, 0) is 34.9 Å². The zero-order valence-corrected chi connectivity index (χ0v) is 15.1. The predicted molar refractivity (Wildman–Crippen MR) is 99.0 cm³/mol. The summed E-state index contributed by atoms with van der Waals surface area (Å²) in [6, 6.07) is 17.1. The van der Waals surface area contributed by atoms with Gasteiger partial charge in [0.1, 0.15) is 12.1 Å². The fourth-order valence-electron chi connectivity index (χ4n) is 3.28. The van der Waals surface area contributed by atoms with Crippen molar-refractivity contribution in [3.8, 4) is 5.75 Å². The van der Waals surface area contributed by atoms with E-state index in [1.165, 1.54) is 11.0 Å². The van der Waals surface area contributed by atoms with Crippen LogP contribution in [0.15, 0.2) is 60.9 Å². The Morgan fingerprint density at radius 2 is 1.93 bits per heavy atom. The second-order valence-corrected chi connectivity index (χ2v) is 6.61. The number of ether oxygens (including phenoxy) is 1. The Morgan fingerprint density at radius 3 is 2.59 bits per heavy atom. The number of hydrogen-bond donors (Lipinski definition) is 0. The number of benzene rings is 2. The average molecular weight is 363 g/mol. The quantitative estimate of drug-likeness (QED) is 0.645. The van der Waals surface area contributed by atoms with Crippen LogP contribution in [0.5, 0.6) is 5.75 Å². The van der Waals surface area contributed by atoms with Gasteiger partial charge in [-0.25, -0.2) is 4.68 Å². The molecule has 1 amide bonds. The molecule has 1 fully saturated rings. The summed E-state index contributed by atoms with van der Waals surface area (Å²) in [7, 11) is 1.65. The normalized spacial score (nSPS) is 14.6. The van der Waals surface area contributed by atoms with Crippen LogP contribution in [0.4, 0.5) is 0 Å². The molecular formula is C20H21N5O2. The van der Waals surface area contributed by atoms with Crippen LogP contribution in [-0.2, 0) is 11.3 Å². The first-order valence-corrected chi connectivity index (χ1v) is 8.97. The molecule has 3 aromatic rings. The highest BCUT2D eigenvalue weighted by Gasteiger charge is 2.38. The maximum atomic E-state index is 13.6. The van der Waals surface area contributed by atoms with Gasteiger partial charge in [-0.2, -0.15) is 0 Å². The maximum absolute atomic E-state index is 13.6. The molecule has 4 rings (SSSR count). The van der Waals surface area contributed by atoms with Crippen LogP contribution in [0, 0.1) is 0 Å². The molecule has 0 aliphatic heterocycles. The third-order valence-electron chi connectivity index (χ3n) is 4.78. The molecule has 1 atom stereocenters. The van der Waals surface area contributed by atoms with Gasteiger partial charge in [0.15, 0.2) is 6.04 Å². The third kappa shape index (κ3) is 3.67. The summed E-state index contributed by atoms with van der Waals surface area (Å²) in [5.74, 6) is 0.775. The topological polar surface area (TPSA) is 73.1 Å². The molecule has 0 unspecified atom stereocenters.